The van der Waals surface area contributed by atoms with Crippen molar-refractivity contribution in [1.82, 2.24) is 4.98 Å². The number of thiazole rings is 1. The first-order chi connectivity index (χ1) is 8.24. The summed E-state index contributed by atoms with van der Waals surface area (Å²) in [5.74, 6) is -0.380. The number of benzene rings is 1. The number of thioether (sulfide) groups is 1. The summed E-state index contributed by atoms with van der Waals surface area (Å²) in [6.07, 6.45) is 0. The van der Waals surface area contributed by atoms with Gasteiger partial charge in [-0.25, -0.2) is 4.79 Å². The molecule has 1 aromatic heterocycles. The fraction of sp³-hybridized carbons (Fsp3) is 0.182. The summed E-state index contributed by atoms with van der Waals surface area (Å²) >= 11 is 2.98. The zero-order valence-electron chi connectivity index (χ0n) is 9.16. The van der Waals surface area contributed by atoms with Crippen LogP contribution in [0.15, 0.2) is 23.2 Å². The normalized spacial score (nSPS) is 18.4. The molecule has 0 spiro atoms. The minimum Gasteiger partial charge on any atom is -0.480 e. The summed E-state index contributed by atoms with van der Waals surface area (Å²) in [4.78, 5) is 19.4. The van der Waals surface area contributed by atoms with Crippen molar-refractivity contribution in [3.05, 3.63) is 29.3 Å². The molecule has 0 fully saturated rings. The molecule has 4 nitrogen and oxygen atoms in total. The molecule has 1 aliphatic rings. The second-order valence-electron chi connectivity index (χ2n) is 3.51. The van der Waals surface area contributed by atoms with E-state index in [4.69, 9.17) is 5.11 Å². The van der Waals surface area contributed by atoms with Crippen molar-refractivity contribution in [2.24, 2.45) is 4.99 Å². The number of fused-ring (bicyclic) bond motifs is 1. The Labute approximate surface area is 137 Å². The Bertz CT molecular complexity index is 593. The Morgan fingerprint density at radius 3 is 3.06 bits per heavy atom. The van der Waals surface area contributed by atoms with E-state index in [-0.39, 0.29) is 32.7 Å². The molecule has 1 aromatic carbocycles. The summed E-state index contributed by atoms with van der Waals surface area (Å²) in [6.45, 7) is 0. The van der Waals surface area contributed by atoms with E-state index in [9.17, 15) is 4.79 Å². The minimum atomic E-state index is -0.873. The number of carboxylic acids is 1. The fourth-order valence-electron chi connectivity index (χ4n) is 1.53. The van der Waals surface area contributed by atoms with Gasteiger partial charge in [-0.05, 0) is 5.52 Å². The Morgan fingerprint density at radius 2 is 2.39 bits per heavy atom. The maximum absolute atomic E-state index is 10.8. The van der Waals surface area contributed by atoms with E-state index in [1.54, 1.807) is 0 Å². The number of nitrogens with zero attached hydrogens (tertiary/aromatic N) is 2. The van der Waals surface area contributed by atoms with Gasteiger partial charge in [0, 0.05) is 38.5 Å². The molecule has 0 bridgehead atoms. The number of aliphatic carboxylic acids is 1. The van der Waals surface area contributed by atoms with Crippen molar-refractivity contribution < 1.29 is 42.6 Å². The standard InChI is InChI=1S/C11H7N2O2S2.Y/c14-11(15)7-5-16-9(13-7)10-12-6-3-1-2-4-8(6)17-10;/h1,3-4,7H,5H2,(H,14,15);/q-1;/t7-;/m1./s1. The molecule has 2 aromatic rings. The molecule has 0 saturated carbocycles. The molecule has 0 saturated heterocycles. The number of hydrogen-bond acceptors (Lipinski definition) is 5. The molecule has 3 rings (SSSR count). The largest absolute Gasteiger partial charge is 0.480 e. The van der Waals surface area contributed by atoms with Crippen LogP contribution >= 0.6 is 23.1 Å². The van der Waals surface area contributed by atoms with Gasteiger partial charge in [-0.2, -0.15) is 29.5 Å². The first-order valence-corrected chi connectivity index (χ1v) is 6.74. The van der Waals surface area contributed by atoms with Crippen LogP contribution in [0.2, 0.25) is 0 Å². The van der Waals surface area contributed by atoms with Crippen LogP contribution in [-0.4, -0.2) is 32.9 Å². The van der Waals surface area contributed by atoms with Crippen molar-refractivity contribution in [1.29, 1.82) is 0 Å². The van der Waals surface area contributed by atoms with E-state index in [1.807, 2.05) is 18.2 Å². The minimum absolute atomic E-state index is 0. The molecule has 0 aliphatic carbocycles. The maximum atomic E-state index is 10.8. The third-order valence-electron chi connectivity index (χ3n) is 2.35. The Kier molecular flexibility index (Phi) is 4.53. The SMILES string of the molecule is O=C(O)[C@H]1CSC(c2nc3cc[c-]cc3s2)=N1.[Y]. The second-order valence-corrected chi connectivity index (χ2v) is 5.55. The second kappa shape index (κ2) is 5.78. The molecular formula is C11H7N2O2S2Y-. The summed E-state index contributed by atoms with van der Waals surface area (Å²) in [7, 11) is 0. The predicted molar refractivity (Wildman–Crippen MR) is 68.9 cm³/mol. The van der Waals surface area contributed by atoms with E-state index in [0.29, 0.717) is 5.75 Å². The molecule has 7 heteroatoms. The van der Waals surface area contributed by atoms with Crippen LogP contribution in [0, 0.1) is 6.07 Å². The number of hydrogen-bond donors (Lipinski definition) is 1. The quantitative estimate of drug-likeness (QED) is 0.841. The van der Waals surface area contributed by atoms with Crippen molar-refractivity contribution in [3.8, 4) is 0 Å². The molecule has 0 amide bonds. The van der Waals surface area contributed by atoms with E-state index in [0.717, 1.165) is 20.3 Å². The Morgan fingerprint density at radius 1 is 1.56 bits per heavy atom. The molecule has 1 atom stereocenters. The zero-order valence-corrected chi connectivity index (χ0v) is 13.6. The molecule has 1 N–H and O–H groups in total. The zero-order chi connectivity index (χ0) is 11.8. The van der Waals surface area contributed by atoms with Crippen LogP contribution in [-0.2, 0) is 37.5 Å². The molecule has 89 valence electrons. The average molecular weight is 352 g/mol. The fourth-order valence-corrected chi connectivity index (χ4v) is 3.57. The van der Waals surface area contributed by atoms with Crippen LogP contribution in [0.4, 0.5) is 0 Å². The first kappa shape index (κ1) is 14.1. The molecule has 1 radical (unpaired) electrons. The predicted octanol–water partition coefficient (Wildman–Crippen LogP) is 2.04. The molecular weight excluding hydrogens is 345 g/mol. The number of aromatic nitrogens is 1. The van der Waals surface area contributed by atoms with Crippen LogP contribution < -0.4 is 0 Å². The van der Waals surface area contributed by atoms with E-state index in [1.165, 1.54) is 23.1 Å². The van der Waals surface area contributed by atoms with Crippen molar-refractivity contribution in [2.45, 2.75) is 6.04 Å². The maximum Gasteiger partial charge on any atom is 0.329 e. The molecule has 18 heavy (non-hydrogen) atoms. The molecule has 0 unspecified atom stereocenters. The van der Waals surface area contributed by atoms with Gasteiger partial charge in [0.1, 0.15) is 10.1 Å². The summed E-state index contributed by atoms with van der Waals surface area (Å²) in [5, 5.41) is 10.4. The summed E-state index contributed by atoms with van der Waals surface area (Å²) in [6, 6.07) is 7.95. The van der Waals surface area contributed by atoms with Crippen molar-refractivity contribution >= 4 is 44.3 Å². The monoisotopic (exact) mass is 352 g/mol. The summed E-state index contributed by atoms with van der Waals surface area (Å²) in [5.41, 5.74) is 0.908. The average Bonchev–Trinajstić information content (AvgIpc) is 2.95. The van der Waals surface area contributed by atoms with Crippen LogP contribution in [0.3, 0.4) is 0 Å². The third-order valence-corrected chi connectivity index (χ3v) is 4.56. The Balaban J connectivity index is 0.00000120. The van der Waals surface area contributed by atoms with Crippen molar-refractivity contribution in [2.75, 3.05) is 5.75 Å². The molecule has 1 aliphatic heterocycles. The Hall–Kier alpha value is -0.296. The summed E-state index contributed by atoms with van der Waals surface area (Å²) < 4.78 is 1.05. The van der Waals surface area contributed by atoms with Gasteiger partial charge in [0.05, 0.1) is 0 Å². The van der Waals surface area contributed by atoms with Crippen LogP contribution in [0.5, 0.6) is 0 Å². The number of aliphatic imine (C=N–C) groups is 1. The van der Waals surface area contributed by atoms with Gasteiger partial charge in [-0.3, -0.25) is 9.98 Å². The number of rotatable bonds is 2. The van der Waals surface area contributed by atoms with Gasteiger partial charge >= 0.3 is 5.97 Å². The molecule has 2 heterocycles. The van der Waals surface area contributed by atoms with Gasteiger partial charge in [0.2, 0.25) is 0 Å². The smallest absolute Gasteiger partial charge is 0.329 e. The third kappa shape index (κ3) is 2.66. The van der Waals surface area contributed by atoms with Gasteiger partial charge in [0.25, 0.3) is 0 Å². The first-order valence-electron chi connectivity index (χ1n) is 4.94. The van der Waals surface area contributed by atoms with Gasteiger partial charge in [-0.1, -0.05) is 4.70 Å². The van der Waals surface area contributed by atoms with E-state index in [2.05, 4.69) is 16.0 Å². The van der Waals surface area contributed by atoms with Gasteiger partial charge < -0.3 is 5.11 Å². The number of carboxylic acid groups (broad SMARTS) is 1. The van der Waals surface area contributed by atoms with E-state index < -0.39 is 12.0 Å². The van der Waals surface area contributed by atoms with Crippen LogP contribution in [0.25, 0.3) is 10.2 Å². The number of carbonyl (C=O) groups is 1. The van der Waals surface area contributed by atoms with Crippen LogP contribution in [0.1, 0.15) is 5.01 Å². The van der Waals surface area contributed by atoms with Gasteiger partial charge in [0.15, 0.2) is 6.04 Å². The van der Waals surface area contributed by atoms with Crippen molar-refractivity contribution in [3.63, 3.8) is 0 Å². The topological polar surface area (TPSA) is 62.5 Å². The van der Waals surface area contributed by atoms with Gasteiger partial charge in [-0.15, -0.1) is 17.8 Å². The van der Waals surface area contributed by atoms with E-state index >= 15 is 0 Å².